The van der Waals surface area contributed by atoms with E-state index < -0.39 is 5.41 Å². The fourth-order valence-electron chi connectivity index (χ4n) is 3.97. The number of halogens is 1. The molecule has 24 heavy (non-hydrogen) atoms. The minimum Gasteiger partial charge on any atom is -0.342 e. The Balaban J connectivity index is 1.45. The zero-order chi connectivity index (χ0) is 16.7. The van der Waals surface area contributed by atoms with Crippen molar-refractivity contribution in [2.75, 3.05) is 13.1 Å². The maximum Gasteiger partial charge on any atom is 0.233 e. The summed E-state index contributed by atoms with van der Waals surface area (Å²) < 4.78 is 16.0. The first kappa shape index (κ1) is 15.4. The van der Waals surface area contributed by atoms with Crippen molar-refractivity contribution in [2.24, 2.45) is 13.0 Å². The Hall–Kier alpha value is -2.17. The second-order valence-electron chi connectivity index (χ2n) is 7.19. The third kappa shape index (κ3) is 2.62. The molecule has 0 bridgehead atoms. The lowest BCUT2D eigenvalue weighted by atomic mass is 9.93. The van der Waals surface area contributed by atoms with Gasteiger partial charge in [-0.25, -0.2) is 4.39 Å². The number of rotatable bonds is 4. The van der Waals surface area contributed by atoms with Crippen LogP contribution in [0.5, 0.6) is 0 Å². The highest BCUT2D eigenvalue weighted by molar-refractivity contribution is 5.91. The molecule has 1 atom stereocenters. The van der Waals surface area contributed by atoms with E-state index >= 15 is 0 Å². The normalized spacial score (nSPS) is 21.9. The maximum atomic E-state index is 14.2. The van der Waals surface area contributed by atoms with E-state index in [0.29, 0.717) is 11.5 Å². The molecule has 0 spiro atoms. The highest BCUT2D eigenvalue weighted by atomic mass is 19.1. The Morgan fingerprint density at radius 1 is 1.38 bits per heavy atom. The van der Waals surface area contributed by atoms with Gasteiger partial charge in [-0.15, -0.1) is 0 Å². The molecule has 1 saturated heterocycles. The fraction of sp³-hybridized carbons (Fsp3) is 0.474. The van der Waals surface area contributed by atoms with Crippen LogP contribution >= 0.6 is 0 Å². The molecular formula is C19H22FN3O. The van der Waals surface area contributed by atoms with E-state index in [1.54, 1.807) is 12.1 Å². The highest BCUT2D eigenvalue weighted by Gasteiger charge is 2.54. The van der Waals surface area contributed by atoms with E-state index in [0.717, 1.165) is 38.8 Å². The number of carbonyl (C=O) groups is 1. The topological polar surface area (TPSA) is 38.1 Å². The van der Waals surface area contributed by atoms with Crippen LogP contribution in [0, 0.1) is 11.7 Å². The SMILES string of the molecule is Cn1cc(C[C@@H]2CCN(C(=O)C3(c4ccccc4F)CC3)C2)cn1. The summed E-state index contributed by atoms with van der Waals surface area (Å²) in [7, 11) is 1.92. The number of aryl methyl sites for hydroxylation is 1. The van der Waals surface area contributed by atoms with Gasteiger partial charge >= 0.3 is 0 Å². The van der Waals surface area contributed by atoms with Gasteiger partial charge in [0.1, 0.15) is 5.82 Å². The smallest absolute Gasteiger partial charge is 0.233 e. The molecule has 1 aromatic heterocycles. The molecule has 1 amide bonds. The first-order valence-electron chi connectivity index (χ1n) is 8.60. The second-order valence-corrected chi connectivity index (χ2v) is 7.19. The number of likely N-dealkylation sites (tertiary alicyclic amines) is 1. The van der Waals surface area contributed by atoms with E-state index in [9.17, 15) is 9.18 Å². The van der Waals surface area contributed by atoms with Gasteiger partial charge < -0.3 is 4.90 Å². The average Bonchev–Trinajstić information content (AvgIpc) is 3.07. The summed E-state index contributed by atoms with van der Waals surface area (Å²) in [6.45, 7) is 1.55. The number of carbonyl (C=O) groups excluding carboxylic acids is 1. The number of nitrogens with zero attached hydrogens (tertiary/aromatic N) is 3. The van der Waals surface area contributed by atoms with Crippen LogP contribution in [-0.2, 0) is 23.7 Å². The summed E-state index contributed by atoms with van der Waals surface area (Å²) >= 11 is 0. The minimum atomic E-state index is -0.603. The Morgan fingerprint density at radius 2 is 2.17 bits per heavy atom. The Bertz CT molecular complexity index is 765. The van der Waals surface area contributed by atoms with Crippen LogP contribution in [0.15, 0.2) is 36.7 Å². The van der Waals surface area contributed by atoms with Crippen molar-refractivity contribution in [3.8, 4) is 0 Å². The number of amides is 1. The quantitative estimate of drug-likeness (QED) is 0.866. The fourth-order valence-corrected chi connectivity index (χ4v) is 3.97. The molecule has 1 aliphatic heterocycles. The third-order valence-electron chi connectivity index (χ3n) is 5.40. The lowest BCUT2D eigenvalue weighted by Gasteiger charge is -2.24. The number of hydrogen-bond acceptors (Lipinski definition) is 2. The predicted molar refractivity (Wildman–Crippen MR) is 88.9 cm³/mol. The second kappa shape index (κ2) is 5.72. The molecule has 1 saturated carbocycles. The van der Waals surface area contributed by atoms with Crippen LogP contribution in [0.25, 0.3) is 0 Å². The van der Waals surface area contributed by atoms with Gasteiger partial charge in [0.05, 0.1) is 11.6 Å². The van der Waals surface area contributed by atoms with E-state index in [1.165, 1.54) is 11.6 Å². The summed E-state index contributed by atoms with van der Waals surface area (Å²) in [4.78, 5) is 15.0. The van der Waals surface area contributed by atoms with Gasteiger partial charge in [0, 0.05) is 31.9 Å². The summed E-state index contributed by atoms with van der Waals surface area (Å²) in [5, 5.41) is 4.21. The van der Waals surface area contributed by atoms with Crippen LogP contribution in [0.1, 0.15) is 30.4 Å². The van der Waals surface area contributed by atoms with Crippen molar-refractivity contribution < 1.29 is 9.18 Å². The summed E-state index contributed by atoms with van der Waals surface area (Å²) in [5.74, 6) is 0.324. The largest absolute Gasteiger partial charge is 0.342 e. The molecule has 4 nitrogen and oxygen atoms in total. The first-order valence-corrected chi connectivity index (χ1v) is 8.60. The molecule has 2 heterocycles. The molecule has 0 N–H and O–H groups in total. The lowest BCUT2D eigenvalue weighted by Crippen LogP contribution is -2.38. The number of aromatic nitrogens is 2. The molecule has 2 fully saturated rings. The van der Waals surface area contributed by atoms with E-state index in [-0.39, 0.29) is 11.7 Å². The Labute approximate surface area is 141 Å². The molecule has 0 unspecified atom stereocenters. The van der Waals surface area contributed by atoms with Crippen molar-refractivity contribution in [3.63, 3.8) is 0 Å². The standard InChI is InChI=1S/C19H22FN3O/c1-22-12-15(11-21-22)10-14-6-9-23(13-14)18(24)19(7-8-19)16-4-2-3-5-17(16)20/h2-5,11-12,14H,6-10,13H2,1H3/t14-/m0/s1. The molecular weight excluding hydrogens is 305 g/mol. The van der Waals surface area contributed by atoms with Crippen molar-refractivity contribution >= 4 is 5.91 Å². The van der Waals surface area contributed by atoms with Gasteiger partial charge in [-0.3, -0.25) is 9.48 Å². The van der Waals surface area contributed by atoms with Crippen LogP contribution in [0.3, 0.4) is 0 Å². The molecule has 1 aliphatic carbocycles. The van der Waals surface area contributed by atoms with E-state index in [4.69, 9.17) is 0 Å². The summed E-state index contributed by atoms with van der Waals surface area (Å²) in [5.41, 5.74) is 1.19. The first-order chi connectivity index (χ1) is 11.6. The minimum absolute atomic E-state index is 0.112. The van der Waals surface area contributed by atoms with Gasteiger partial charge in [-0.1, -0.05) is 18.2 Å². The molecule has 5 heteroatoms. The van der Waals surface area contributed by atoms with Gasteiger partial charge in [0.2, 0.25) is 5.91 Å². The van der Waals surface area contributed by atoms with Crippen LogP contribution in [0.2, 0.25) is 0 Å². The summed E-state index contributed by atoms with van der Waals surface area (Å²) in [6, 6.07) is 6.72. The lowest BCUT2D eigenvalue weighted by molar-refractivity contribution is -0.133. The number of hydrogen-bond donors (Lipinski definition) is 0. The van der Waals surface area contributed by atoms with E-state index in [1.807, 2.05) is 35.1 Å². The van der Waals surface area contributed by atoms with Crippen LogP contribution in [-0.4, -0.2) is 33.7 Å². The molecule has 2 aliphatic rings. The monoisotopic (exact) mass is 327 g/mol. The van der Waals surface area contributed by atoms with E-state index in [2.05, 4.69) is 5.10 Å². The Morgan fingerprint density at radius 3 is 2.83 bits per heavy atom. The zero-order valence-corrected chi connectivity index (χ0v) is 13.9. The maximum absolute atomic E-state index is 14.2. The van der Waals surface area contributed by atoms with Crippen molar-refractivity contribution in [3.05, 3.63) is 53.6 Å². The predicted octanol–water partition coefficient (Wildman–Crippen LogP) is 2.68. The molecule has 1 aromatic carbocycles. The van der Waals surface area contributed by atoms with Crippen LogP contribution in [0.4, 0.5) is 4.39 Å². The third-order valence-corrected chi connectivity index (χ3v) is 5.40. The van der Waals surface area contributed by atoms with Crippen molar-refractivity contribution in [1.29, 1.82) is 0 Å². The van der Waals surface area contributed by atoms with Gasteiger partial charge in [0.15, 0.2) is 0 Å². The molecule has 4 rings (SSSR count). The van der Waals surface area contributed by atoms with Crippen molar-refractivity contribution in [1.82, 2.24) is 14.7 Å². The highest BCUT2D eigenvalue weighted by Crippen LogP contribution is 2.51. The van der Waals surface area contributed by atoms with Gasteiger partial charge in [-0.2, -0.15) is 5.10 Å². The van der Waals surface area contributed by atoms with Gasteiger partial charge in [-0.05, 0) is 43.2 Å². The van der Waals surface area contributed by atoms with Crippen molar-refractivity contribution in [2.45, 2.75) is 31.1 Å². The van der Waals surface area contributed by atoms with Gasteiger partial charge in [0.25, 0.3) is 0 Å². The molecule has 126 valence electrons. The van der Waals surface area contributed by atoms with Crippen LogP contribution < -0.4 is 0 Å². The Kier molecular flexibility index (Phi) is 3.66. The molecule has 2 aromatic rings. The molecule has 0 radical (unpaired) electrons. The number of benzene rings is 1. The summed E-state index contributed by atoms with van der Waals surface area (Å²) in [6.07, 6.45) is 7.41. The zero-order valence-electron chi connectivity index (χ0n) is 13.9. The average molecular weight is 327 g/mol.